The van der Waals surface area contributed by atoms with Crippen molar-refractivity contribution in [1.29, 1.82) is 0 Å². The van der Waals surface area contributed by atoms with E-state index in [9.17, 15) is 4.79 Å². The summed E-state index contributed by atoms with van der Waals surface area (Å²) >= 11 is 7.83. The topological polar surface area (TPSA) is 78.3 Å². The van der Waals surface area contributed by atoms with E-state index in [1.165, 1.54) is 11.3 Å². The van der Waals surface area contributed by atoms with Gasteiger partial charge in [0.1, 0.15) is 22.2 Å². The predicted octanol–water partition coefficient (Wildman–Crippen LogP) is 5.12. The Hall–Kier alpha value is -3.36. The van der Waals surface area contributed by atoms with Crippen molar-refractivity contribution in [2.75, 3.05) is 14.2 Å². The van der Waals surface area contributed by atoms with E-state index in [2.05, 4.69) is 15.4 Å². The van der Waals surface area contributed by atoms with Crippen molar-refractivity contribution in [3.8, 4) is 33.3 Å². The number of methoxy groups -OCH3 is 2. The fourth-order valence-electron chi connectivity index (χ4n) is 3.42. The summed E-state index contributed by atoms with van der Waals surface area (Å²) in [4.78, 5) is 18.5. The Kier molecular flexibility index (Phi) is 6.67. The maximum absolute atomic E-state index is 12.9. The zero-order valence-corrected chi connectivity index (χ0v) is 20.3. The van der Waals surface area contributed by atoms with Crippen LogP contribution in [-0.4, -0.2) is 34.9 Å². The third-order valence-electron chi connectivity index (χ3n) is 5.20. The largest absolute Gasteiger partial charge is 0.497 e. The summed E-state index contributed by atoms with van der Waals surface area (Å²) in [5.74, 6) is 1.09. The molecule has 4 aromatic rings. The van der Waals surface area contributed by atoms with Crippen LogP contribution in [0.4, 0.5) is 0 Å². The number of hydrogen-bond donors (Lipinski definition) is 1. The number of rotatable bonds is 7. The van der Waals surface area contributed by atoms with E-state index in [4.69, 9.17) is 21.1 Å². The number of aryl methyl sites for hydroxylation is 2. The van der Waals surface area contributed by atoms with Crippen LogP contribution in [0.25, 0.3) is 21.8 Å². The highest BCUT2D eigenvalue weighted by Gasteiger charge is 2.18. The van der Waals surface area contributed by atoms with E-state index in [0.717, 1.165) is 26.7 Å². The van der Waals surface area contributed by atoms with Crippen molar-refractivity contribution in [2.45, 2.75) is 13.5 Å². The van der Waals surface area contributed by atoms with Crippen LogP contribution < -0.4 is 14.8 Å². The van der Waals surface area contributed by atoms with Gasteiger partial charge in [-0.3, -0.25) is 9.48 Å². The van der Waals surface area contributed by atoms with Crippen molar-refractivity contribution < 1.29 is 14.3 Å². The number of carbonyl (C=O) groups excluding carboxylic acids is 1. The molecule has 0 atom stereocenters. The molecule has 2 heterocycles. The molecule has 2 aromatic carbocycles. The standard InChI is InChI=1S/C24H23ClN4O3S/c1-14-22(33-24(27-14)16-7-5-6-8-18(16)25)13-26-23(30)20-12-19(28-29(20)2)17-11-15(31-3)9-10-21(17)32-4/h5-12H,13H2,1-4H3,(H,26,30). The van der Waals surface area contributed by atoms with E-state index in [-0.39, 0.29) is 5.91 Å². The minimum absolute atomic E-state index is 0.231. The maximum Gasteiger partial charge on any atom is 0.269 e. The van der Waals surface area contributed by atoms with Gasteiger partial charge in [-0.15, -0.1) is 11.3 Å². The molecular formula is C24H23ClN4O3S. The maximum atomic E-state index is 12.9. The molecule has 0 aliphatic heterocycles. The van der Waals surface area contributed by atoms with E-state index >= 15 is 0 Å². The number of nitrogens with one attached hydrogen (secondary N) is 1. The van der Waals surface area contributed by atoms with Crippen LogP contribution in [0.1, 0.15) is 21.1 Å². The number of thiazole rings is 1. The second-order valence-corrected chi connectivity index (χ2v) is 8.79. The van der Waals surface area contributed by atoms with Gasteiger partial charge in [-0.1, -0.05) is 29.8 Å². The Morgan fingerprint density at radius 1 is 1.12 bits per heavy atom. The normalized spacial score (nSPS) is 10.8. The van der Waals surface area contributed by atoms with Crippen molar-refractivity contribution in [1.82, 2.24) is 20.1 Å². The molecule has 0 saturated carbocycles. The molecule has 0 unspecified atom stereocenters. The highest BCUT2D eigenvalue weighted by atomic mass is 35.5. The number of carbonyl (C=O) groups is 1. The summed E-state index contributed by atoms with van der Waals surface area (Å²) in [6.45, 7) is 2.28. The Bertz CT molecular complexity index is 1320. The van der Waals surface area contributed by atoms with Crippen molar-refractivity contribution in [3.63, 3.8) is 0 Å². The molecule has 0 aliphatic carbocycles. The van der Waals surface area contributed by atoms with Gasteiger partial charge in [-0.2, -0.15) is 5.10 Å². The van der Waals surface area contributed by atoms with Gasteiger partial charge >= 0.3 is 0 Å². The number of ether oxygens (including phenoxy) is 2. The van der Waals surface area contributed by atoms with Crippen LogP contribution in [0.5, 0.6) is 11.5 Å². The summed E-state index contributed by atoms with van der Waals surface area (Å²) in [6, 6.07) is 14.8. The number of amides is 1. The first-order valence-corrected chi connectivity index (χ1v) is 11.4. The van der Waals surface area contributed by atoms with Gasteiger partial charge in [0.2, 0.25) is 0 Å². The van der Waals surface area contributed by atoms with Crippen molar-refractivity contribution in [3.05, 3.63) is 69.8 Å². The summed E-state index contributed by atoms with van der Waals surface area (Å²) in [5, 5.41) is 8.96. The average molecular weight is 483 g/mol. The summed E-state index contributed by atoms with van der Waals surface area (Å²) in [6.07, 6.45) is 0. The molecule has 1 amide bonds. The number of benzene rings is 2. The minimum Gasteiger partial charge on any atom is -0.497 e. The van der Waals surface area contributed by atoms with Crippen LogP contribution in [0, 0.1) is 6.92 Å². The highest BCUT2D eigenvalue weighted by Crippen LogP contribution is 2.34. The first-order chi connectivity index (χ1) is 15.9. The molecule has 0 bridgehead atoms. The van der Waals surface area contributed by atoms with E-state index in [1.54, 1.807) is 32.0 Å². The molecule has 33 heavy (non-hydrogen) atoms. The highest BCUT2D eigenvalue weighted by molar-refractivity contribution is 7.15. The van der Waals surface area contributed by atoms with Crippen LogP contribution in [0.2, 0.25) is 5.02 Å². The molecule has 0 saturated heterocycles. The molecule has 0 radical (unpaired) electrons. The number of halogens is 1. The van der Waals surface area contributed by atoms with Gasteiger partial charge in [0, 0.05) is 23.1 Å². The second-order valence-electron chi connectivity index (χ2n) is 7.29. The van der Waals surface area contributed by atoms with E-state index < -0.39 is 0 Å². The minimum atomic E-state index is -0.231. The first-order valence-electron chi connectivity index (χ1n) is 10.2. The molecule has 0 spiro atoms. The van der Waals surface area contributed by atoms with Crippen molar-refractivity contribution >= 4 is 28.8 Å². The molecule has 4 rings (SSSR count). The van der Waals surface area contributed by atoms with Gasteiger partial charge in [-0.25, -0.2) is 4.98 Å². The molecule has 2 aromatic heterocycles. The number of aromatic nitrogens is 3. The Morgan fingerprint density at radius 2 is 1.91 bits per heavy atom. The molecule has 7 nitrogen and oxygen atoms in total. The second kappa shape index (κ2) is 9.64. The zero-order valence-electron chi connectivity index (χ0n) is 18.7. The van der Waals surface area contributed by atoms with Crippen LogP contribution >= 0.6 is 22.9 Å². The van der Waals surface area contributed by atoms with Crippen molar-refractivity contribution in [2.24, 2.45) is 7.05 Å². The van der Waals surface area contributed by atoms with E-state index in [1.807, 2.05) is 49.4 Å². The molecule has 9 heteroatoms. The lowest BCUT2D eigenvalue weighted by Gasteiger charge is -2.08. The SMILES string of the molecule is COc1ccc(OC)c(-c2cc(C(=O)NCc3sc(-c4ccccc4Cl)nc3C)n(C)n2)c1. The number of nitrogens with zero attached hydrogens (tertiary/aromatic N) is 3. The lowest BCUT2D eigenvalue weighted by atomic mass is 10.1. The molecule has 0 aliphatic rings. The summed E-state index contributed by atoms with van der Waals surface area (Å²) in [5.41, 5.74) is 3.54. The van der Waals surface area contributed by atoms with Gasteiger partial charge in [0.25, 0.3) is 5.91 Å². The monoisotopic (exact) mass is 482 g/mol. The Morgan fingerprint density at radius 3 is 2.64 bits per heavy atom. The van der Waals surface area contributed by atoms with Gasteiger partial charge in [0.15, 0.2) is 0 Å². The summed E-state index contributed by atoms with van der Waals surface area (Å²) in [7, 11) is 4.93. The third kappa shape index (κ3) is 4.72. The Balaban J connectivity index is 1.53. The number of hydrogen-bond acceptors (Lipinski definition) is 6. The predicted molar refractivity (Wildman–Crippen MR) is 130 cm³/mol. The van der Waals surface area contributed by atoms with Gasteiger partial charge < -0.3 is 14.8 Å². The lowest BCUT2D eigenvalue weighted by molar-refractivity contribution is 0.0942. The molecule has 0 fully saturated rings. The van der Waals surface area contributed by atoms with E-state index in [0.29, 0.717) is 34.5 Å². The quantitative estimate of drug-likeness (QED) is 0.395. The fraction of sp³-hybridized carbons (Fsp3) is 0.208. The first kappa shape index (κ1) is 22.8. The lowest BCUT2D eigenvalue weighted by Crippen LogP contribution is -2.25. The molecule has 1 N–H and O–H groups in total. The van der Waals surface area contributed by atoms with Gasteiger partial charge in [0.05, 0.1) is 37.2 Å². The van der Waals surface area contributed by atoms with Gasteiger partial charge in [-0.05, 0) is 37.3 Å². The van der Waals surface area contributed by atoms with Crippen LogP contribution in [0.3, 0.4) is 0 Å². The third-order valence-corrected chi connectivity index (χ3v) is 6.72. The molecule has 170 valence electrons. The zero-order chi connectivity index (χ0) is 23.5. The van der Waals surface area contributed by atoms with Crippen LogP contribution in [-0.2, 0) is 13.6 Å². The fourth-order valence-corrected chi connectivity index (χ4v) is 4.74. The average Bonchev–Trinajstić information content (AvgIpc) is 3.39. The summed E-state index contributed by atoms with van der Waals surface area (Å²) < 4.78 is 12.3. The smallest absolute Gasteiger partial charge is 0.269 e. The Labute approximate surface area is 201 Å². The van der Waals surface area contributed by atoms with Crippen LogP contribution in [0.15, 0.2) is 48.5 Å². The molecular weight excluding hydrogens is 460 g/mol.